The van der Waals surface area contributed by atoms with Gasteiger partial charge in [0.2, 0.25) is 0 Å². The summed E-state index contributed by atoms with van der Waals surface area (Å²) >= 11 is 3.45. The second-order valence-electron chi connectivity index (χ2n) is 5.07. The van der Waals surface area contributed by atoms with Crippen molar-refractivity contribution in [1.82, 2.24) is 9.13 Å². The summed E-state index contributed by atoms with van der Waals surface area (Å²) in [6, 6.07) is 13.2. The van der Waals surface area contributed by atoms with Crippen LogP contribution >= 0.6 is 15.9 Å². The van der Waals surface area contributed by atoms with E-state index in [-0.39, 0.29) is 5.69 Å². The molecular formula is C16H15BrN2O2. The van der Waals surface area contributed by atoms with E-state index < -0.39 is 6.10 Å². The molecule has 1 N–H and O–H groups in total. The molecule has 1 heterocycles. The number of benzene rings is 2. The van der Waals surface area contributed by atoms with Gasteiger partial charge in [-0.1, -0.05) is 40.2 Å². The van der Waals surface area contributed by atoms with Crippen LogP contribution in [-0.2, 0) is 14.1 Å². The van der Waals surface area contributed by atoms with E-state index in [4.69, 9.17) is 0 Å². The lowest BCUT2D eigenvalue weighted by molar-refractivity contribution is 0.219. The van der Waals surface area contributed by atoms with Gasteiger partial charge in [-0.15, -0.1) is 0 Å². The molecule has 0 saturated heterocycles. The molecule has 0 aliphatic rings. The minimum absolute atomic E-state index is 0.0717. The maximum atomic E-state index is 11.9. The summed E-state index contributed by atoms with van der Waals surface area (Å²) in [5.41, 5.74) is 3.16. The summed E-state index contributed by atoms with van der Waals surface area (Å²) in [6.45, 7) is 0. The van der Waals surface area contributed by atoms with Crippen LogP contribution in [0.3, 0.4) is 0 Å². The predicted molar refractivity (Wildman–Crippen MR) is 86.4 cm³/mol. The number of imidazole rings is 1. The number of hydrogen-bond donors (Lipinski definition) is 1. The normalized spacial score (nSPS) is 12.8. The SMILES string of the molecule is Cn1c(=O)n(C)c2cc(C(O)c3ccccc3Br)ccc21. The van der Waals surface area contributed by atoms with Crippen molar-refractivity contribution in [1.29, 1.82) is 0 Å². The van der Waals surface area contributed by atoms with Crippen LogP contribution in [-0.4, -0.2) is 14.2 Å². The Balaban J connectivity index is 2.16. The third kappa shape index (κ3) is 2.22. The Bertz CT molecular complexity index is 880. The third-order valence-corrected chi connectivity index (χ3v) is 4.53. The number of aliphatic hydroxyl groups is 1. The fraction of sp³-hybridized carbons (Fsp3) is 0.188. The molecule has 4 nitrogen and oxygen atoms in total. The summed E-state index contributed by atoms with van der Waals surface area (Å²) in [5, 5.41) is 10.6. The first kappa shape index (κ1) is 14.1. The van der Waals surface area contributed by atoms with Gasteiger partial charge in [-0.2, -0.15) is 0 Å². The summed E-state index contributed by atoms with van der Waals surface area (Å²) < 4.78 is 4.05. The highest BCUT2D eigenvalue weighted by atomic mass is 79.9. The molecule has 1 unspecified atom stereocenters. The topological polar surface area (TPSA) is 47.2 Å². The van der Waals surface area contributed by atoms with Crippen molar-refractivity contribution >= 4 is 27.0 Å². The Morgan fingerprint density at radius 2 is 1.71 bits per heavy atom. The highest BCUT2D eigenvalue weighted by molar-refractivity contribution is 9.10. The van der Waals surface area contributed by atoms with E-state index in [0.717, 1.165) is 26.6 Å². The highest BCUT2D eigenvalue weighted by Crippen LogP contribution is 2.29. The monoisotopic (exact) mass is 346 g/mol. The standard InChI is InChI=1S/C16H15BrN2O2/c1-18-13-8-7-10(9-14(13)19(2)16(18)21)15(20)11-5-3-4-6-12(11)17/h3-9,15,20H,1-2H3. The minimum Gasteiger partial charge on any atom is -0.384 e. The molecule has 0 bridgehead atoms. The molecule has 108 valence electrons. The van der Waals surface area contributed by atoms with E-state index >= 15 is 0 Å². The van der Waals surface area contributed by atoms with E-state index in [2.05, 4.69) is 15.9 Å². The van der Waals surface area contributed by atoms with Gasteiger partial charge in [-0.05, 0) is 29.3 Å². The molecular weight excluding hydrogens is 332 g/mol. The summed E-state index contributed by atoms with van der Waals surface area (Å²) in [4.78, 5) is 11.9. The summed E-state index contributed by atoms with van der Waals surface area (Å²) in [6.07, 6.45) is -0.736. The quantitative estimate of drug-likeness (QED) is 0.775. The molecule has 21 heavy (non-hydrogen) atoms. The Kier molecular flexibility index (Phi) is 3.47. The largest absolute Gasteiger partial charge is 0.384 e. The molecule has 5 heteroatoms. The Labute approximate surface area is 130 Å². The van der Waals surface area contributed by atoms with E-state index in [1.54, 1.807) is 23.2 Å². The molecule has 0 aliphatic heterocycles. The zero-order valence-electron chi connectivity index (χ0n) is 11.7. The molecule has 0 fully saturated rings. The smallest absolute Gasteiger partial charge is 0.328 e. The van der Waals surface area contributed by atoms with E-state index in [1.165, 1.54) is 0 Å². The number of hydrogen-bond acceptors (Lipinski definition) is 2. The molecule has 2 aromatic carbocycles. The fourth-order valence-electron chi connectivity index (χ4n) is 2.57. The molecule has 0 spiro atoms. The summed E-state index contributed by atoms with van der Waals surface area (Å²) in [7, 11) is 3.48. The number of aromatic nitrogens is 2. The zero-order valence-corrected chi connectivity index (χ0v) is 13.3. The molecule has 3 rings (SSSR count). The highest BCUT2D eigenvalue weighted by Gasteiger charge is 2.15. The van der Waals surface area contributed by atoms with Gasteiger partial charge < -0.3 is 5.11 Å². The number of halogens is 1. The van der Waals surface area contributed by atoms with Gasteiger partial charge in [0.25, 0.3) is 0 Å². The van der Waals surface area contributed by atoms with Crippen LogP contribution in [0.2, 0.25) is 0 Å². The van der Waals surface area contributed by atoms with Crippen molar-refractivity contribution < 1.29 is 5.11 Å². The van der Waals surface area contributed by atoms with Crippen molar-refractivity contribution in [2.75, 3.05) is 0 Å². The molecule has 1 aromatic heterocycles. The maximum Gasteiger partial charge on any atom is 0.328 e. The lowest BCUT2D eigenvalue weighted by Gasteiger charge is -2.13. The van der Waals surface area contributed by atoms with Gasteiger partial charge in [0, 0.05) is 18.6 Å². The molecule has 0 aliphatic carbocycles. The molecule has 0 radical (unpaired) electrons. The maximum absolute atomic E-state index is 11.9. The molecule has 1 atom stereocenters. The van der Waals surface area contributed by atoms with Crippen LogP contribution in [0.25, 0.3) is 11.0 Å². The van der Waals surface area contributed by atoms with E-state index in [0.29, 0.717) is 0 Å². The first-order valence-corrected chi connectivity index (χ1v) is 7.38. The lowest BCUT2D eigenvalue weighted by Crippen LogP contribution is -2.19. The van der Waals surface area contributed by atoms with Crippen LogP contribution < -0.4 is 5.69 Å². The molecule has 3 aromatic rings. The average Bonchev–Trinajstić information content (AvgIpc) is 2.71. The Hall–Kier alpha value is -1.85. The number of fused-ring (bicyclic) bond motifs is 1. The van der Waals surface area contributed by atoms with Crippen molar-refractivity contribution in [2.45, 2.75) is 6.10 Å². The van der Waals surface area contributed by atoms with Gasteiger partial charge in [0.05, 0.1) is 11.0 Å². The van der Waals surface area contributed by atoms with Crippen LogP contribution in [0.5, 0.6) is 0 Å². The predicted octanol–water partition coefficient (Wildman–Crippen LogP) is 2.72. The molecule has 0 saturated carbocycles. The zero-order chi connectivity index (χ0) is 15.1. The van der Waals surface area contributed by atoms with Crippen LogP contribution in [0.4, 0.5) is 0 Å². The van der Waals surface area contributed by atoms with E-state index in [1.807, 2.05) is 42.5 Å². The Morgan fingerprint density at radius 1 is 1.05 bits per heavy atom. The van der Waals surface area contributed by atoms with Gasteiger partial charge >= 0.3 is 5.69 Å². The first-order chi connectivity index (χ1) is 10.0. The second-order valence-corrected chi connectivity index (χ2v) is 5.93. The van der Waals surface area contributed by atoms with E-state index in [9.17, 15) is 9.90 Å². The second kappa shape index (κ2) is 5.16. The van der Waals surface area contributed by atoms with Crippen LogP contribution in [0, 0.1) is 0 Å². The molecule has 0 amide bonds. The van der Waals surface area contributed by atoms with Crippen molar-refractivity contribution in [3.63, 3.8) is 0 Å². The van der Waals surface area contributed by atoms with Crippen molar-refractivity contribution in [2.24, 2.45) is 14.1 Å². The van der Waals surface area contributed by atoms with Gasteiger partial charge in [0.15, 0.2) is 0 Å². The summed E-state index contributed by atoms with van der Waals surface area (Å²) in [5.74, 6) is 0. The number of rotatable bonds is 2. The minimum atomic E-state index is -0.736. The third-order valence-electron chi connectivity index (χ3n) is 3.81. The van der Waals surface area contributed by atoms with Crippen LogP contribution in [0.1, 0.15) is 17.2 Å². The van der Waals surface area contributed by atoms with Gasteiger partial charge in [0.1, 0.15) is 6.10 Å². The van der Waals surface area contributed by atoms with Gasteiger partial charge in [-0.3, -0.25) is 9.13 Å². The van der Waals surface area contributed by atoms with Crippen LogP contribution in [0.15, 0.2) is 51.7 Å². The van der Waals surface area contributed by atoms with Crippen molar-refractivity contribution in [3.8, 4) is 0 Å². The Morgan fingerprint density at radius 3 is 2.43 bits per heavy atom. The van der Waals surface area contributed by atoms with Gasteiger partial charge in [-0.25, -0.2) is 4.79 Å². The fourth-order valence-corrected chi connectivity index (χ4v) is 3.07. The number of aliphatic hydroxyl groups excluding tert-OH is 1. The average molecular weight is 347 g/mol. The first-order valence-electron chi connectivity index (χ1n) is 6.58. The number of aryl methyl sites for hydroxylation is 2. The van der Waals surface area contributed by atoms with Crippen molar-refractivity contribution in [3.05, 3.63) is 68.5 Å². The number of nitrogens with zero attached hydrogens (tertiary/aromatic N) is 2. The lowest BCUT2D eigenvalue weighted by atomic mass is 10.0.